The van der Waals surface area contributed by atoms with Crippen LogP contribution >= 0.6 is 11.3 Å². The van der Waals surface area contributed by atoms with E-state index in [1.54, 1.807) is 33.8 Å². The Hall–Kier alpha value is -3.22. The molecule has 0 saturated carbocycles. The maximum Gasteiger partial charge on any atom is 0.414 e. The van der Waals surface area contributed by atoms with Crippen molar-refractivity contribution < 1.29 is 32.3 Å². The number of hydrogen-bond acceptors (Lipinski definition) is 7. The number of pyridine rings is 1. The lowest BCUT2D eigenvalue weighted by Crippen LogP contribution is -2.49. The maximum atomic E-state index is 13.5. The molecule has 4 amide bonds. The van der Waals surface area contributed by atoms with Crippen molar-refractivity contribution in [2.45, 2.75) is 77.6 Å². The second kappa shape index (κ2) is 10.3. The number of aromatic nitrogens is 2. The summed E-state index contributed by atoms with van der Waals surface area (Å²) in [7, 11) is 0. The van der Waals surface area contributed by atoms with Gasteiger partial charge in [0.1, 0.15) is 17.1 Å². The molecule has 0 spiro atoms. The Morgan fingerprint density at radius 1 is 1.16 bits per heavy atom. The van der Waals surface area contributed by atoms with Crippen molar-refractivity contribution in [3.8, 4) is 10.4 Å². The molecule has 3 heterocycles. The molecule has 1 aliphatic heterocycles. The van der Waals surface area contributed by atoms with E-state index in [2.05, 4.69) is 20.6 Å². The van der Waals surface area contributed by atoms with Gasteiger partial charge < -0.3 is 9.64 Å². The molecule has 0 aliphatic carbocycles. The Labute approximate surface area is 216 Å². The standard InChI is InChI=1S/C24H30F3N5O4S/c1-13-17(14-9-10-28-16(12-14)23(5,6)24(25,26)27)37-19(29-13)31-20(34)32-11-7-8-15(32)18(33)30-21(35)36-22(2,3)4/h9-10,12,15H,7-8,11H2,1-6H3,(H,29,31,34)(H,30,33,35)/t15-/m0/s1. The minimum absolute atomic E-state index is 0.133. The first-order valence-corrected chi connectivity index (χ1v) is 12.4. The highest BCUT2D eigenvalue weighted by atomic mass is 32.1. The number of nitrogens with zero attached hydrogens (tertiary/aromatic N) is 3. The van der Waals surface area contributed by atoms with E-state index < -0.39 is 41.3 Å². The molecule has 2 N–H and O–H groups in total. The Balaban J connectivity index is 1.74. The molecule has 1 saturated heterocycles. The summed E-state index contributed by atoms with van der Waals surface area (Å²) in [6.07, 6.45) is -3.12. The first-order chi connectivity index (χ1) is 17.0. The lowest BCUT2D eigenvalue weighted by atomic mass is 9.87. The lowest BCUT2D eigenvalue weighted by Gasteiger charge is -2.27. The summed E-state index contributed by atoms with van der Waals surface area (Å²) < 4.78 is 45.6. The third kappa shape index (κ3) is 6.56. The number of imide groups is 1. The predicted molar refractivity (Wildman–Crippen MR) is 132 cm³/mol. The number of alkyl halides is 3. The van der Waals surface area contributed by atoms with Gasteiger partial charge in [-0.05, 0) is 72.1 Å². The van der Waals surface area contributed by atoms with Crippen LogP contribution < -0.4 is 10.6 Å². The quantitative estimate of drug-likeness (QED) is 0.536. The molecule has 37 heavy (non-hydrogen) atoms. The van der Waals surface area contributed by atoms with Gasteiger partial charge >= 0.3 is 18.3 Å². The minimum Gasteiger partial charge on any atom is -0.444 e. The summed E-state index contributed by atoms with van der Waals surface area (Å²) in [6, 6.07) is 1.52. The lowest BCUT2D eigenvalue weighted by molar-refractivity contribution is -0.181. The van der Waals surface area contributed by atoms with Crippen LogP contribution in [0.15, 0.2) is 18.3 Å². The Morgan fingerprint density at radius 2 is 1.84 bits per heavy atom. The van der Waals surface area contributed by atoms with Gasteiger partial charge in [0.2, 0.25) is 0 Å². The van der Waals surface area contributed by atoms with E-state index in [1.165, 1.54) is 17.2 Å². The normalized spacial score (nSPS) is 16.5. The highest BCUT2D eigenvalue weighted by Crippen LogP contribution is 2.41. The number of likely N-dealkylation sites (tertiary alicyclic amines) is 1. The fraction of sp³-hybridized carbons (Fsp3) is 0.542. The summed E-state index contributed by atoms with van der Waals surface area (Å²) in [4.78, 5) is 47.7. The van der Waals surface area contributed by atoms with Gasteiger partial charge in [0.15, 0.2) is 5.13 Å². The van der Waals surface area contributed by atoms with E-state index in [9.17, 15) is 27.6 Å². The van der Waals surface area contributed by atoms with E-state index in [-0.39, 0.29) is 10.8 Å². The SMILES string of the molecule is Cc1nc(NC(=O)N2CCC[C@H]2C(=O)NC(=O)OC(C)(C)C)sc1-c1ccnc(C(C)(C)C(F)(F)F)c1. The fourth-order valence-corrected chi connectivity index (χ4v) is 4.66. The molecule has 1 fully saturated rings. The van der Waals surface area contributed by atoms with Crippen molar-refractivity contribution in [3.05, 3.63) is 29.7 Å². The molecule has 1 atom stereocenters. The van der Waals surface area contributed by atoms with Crippen LogP contribution in [0.5, 0.6) is 0 Å². The molecule has 2 aromatic rings. The van der Waals surface area contributed by atoms with Crippen molar-refractivity contribution in [2.24, 2.45) is 0 Å². The van der Waals surface area contributed by atoms with Crippen molar-refractivity contribution in [1.29, 1.82) is 0 Å². The van der Waals surface area contributed by atoms with Crippen LogP contribution in [-0.4, -0.2) is 57.3 Å². The Bertz CT molecular complexity index is 1190. The predicted octanol–water partition coefficient (Wildman–Crippen LogP) is 5.40. The molecule has 0 aromatic carbocycles. The molecular weight excluding hydrogens is 511 g/mol. The molecule has 202 valence electrons. The Kier molecular flexibility index (Phi) is 7.87. The highest BCUT2D eigenvalue weighted by Gasteiger charge is 2.49. The summed E-state index contributed by atoms with van der Waals surface area (Å²) in [5.74, 6) is -0.644. The zero-order valence-corrected chi connectivity index (χ0v) is 22.3. The number of carbonyl (C=O) groups is 3. The van der Waals surface area contributed by atoms with E-state index in [0.29, 0.717) is 35.5 Å². The van der Waals surface area contributed by atoms with E-state index in [0.717, 1.165) is 25.2 Å². The molecule has 0 unspecified atom stereocenters. The number of urea groups is 1. The third-order valence-electron chi connectivity index (χ3n) is 5.82. The van der Waals surface area contributed by atoms with Crippen LogP contribution in [0, 0.1) is 6.92 Å². The second-order valence-corrected chi connectivity index (χ2v) is 11.3. The average molecular weight is 542 g/mol. The molecule has 0 radical (unpaired) electrons. The van der Waals surface area contributed by atoms with Gasteiger partial charge in [-0.3, -0.25) is 20.4 Å². The Morgan fingerprint density at radius 3 is 2.46 bits per heavy atom. The number of aryl methyl sites for hydroxylation is 1. The second-order valence-electron chi connectivity index (χ2n) is 10.3. The van der Waals surface area contributed by atoms with Crippen molar-refractivity contribution in [2.75, 3.05) is 11.9 Å². The van der Waals surface area contributed by atoms with Crippen molar-refractivity contribution in [1.82, 2.24) is 20.2 Å². The topological polar surface area (TPSA) is 114 Å². The van der Waals surface area contributed by atoms with E-state index in [4.69, 9.17) is 4.74 Å². The van der Waals surface area contributed by atoms with Crippen LogP contribution in [-0.2, 0) is 14.9 Å². The van der Waals surface area contributed by atoms with Gasteiger partial charge in [-0.1, -0.05) is 11.3 Å². The van der Waals surface area contributed by atoms with Crippen LogP contribution in [0.25, 0.3) is 10.4 Å². The molecule has 0 bridgehead atoms. The molecule has 1 aliphatic rings. The van der Waals surface area contributed by atoms with Gasteiger partial charge in [-0.25, -0.2) is 14.6 Å². The van der Waals surface area contributed by atoms with Crippen LogP contribution in [0.2, 0.25) is 0 Å². The third-order valence-corrected chi connectivity index (χ3v) is 6.94. The van der Waals surface area contributed by atoms with Crippen molar-refractivity contribution >= 4 is 34.5 Å². The number of amides is 4. The number of halogens is 3. The zero-order valence-electron chi connectivity index (χ0n) is 21.4. The van der Waals surface area contributed by atoms with Crippen LogP contribution in [0.1, 0.15) is 58.8 Å². The van der Waals surface area contributed by atoms with E-state index in [1.807, 2.05) is 0 Å². The summed E-state index contributed by atoms with van der Waals surface area (Å²) in [5.41, 5.74) is -2.05. The molecule has 3 rings (SSSR count). The number of alkyl carbamates (subject to hydrolysis) is 1. The fourth-order valence-electron chi connectivity index (χ4n) is 3.71. The summed E-state index contributed by atoms with van der Waals surface area (Å²) in [5, 5.41) is 5.06. The number of thiazole rings is 1. The number of hydrogen-bond donors (Lipinski definition) is 2. The first-order valence-electron chi connectivity index (χ1n) is 11.6. The molecule has 2 aromatic heterocycles. The largest absolute Gasteiger partial charge is 0.444 e. The van der Waals surface area contributed by atoms with Crippen LogP contribution in [0.4, 0.5) is 27.9 Å². The van der Waals surface area contributed by atoms with Gasteiger partial charge in [-0.2, -0.15) is 13.2 Å². The van der Waals surface area contributed by atoms with E-state index >= 15 is 0 Å². The number of carbonyl (C=O) groups excluding carboxylic acids is 3. The average Bonchev–Trinajstić information content (AvgIpc) is 3.38. The summed E-state index contributed by atoms with van der Waals surface area (Å²) in [6.45, 7) is 9.12. The molecular formula is C24H30F3N5O4S. The van der Waals surface area contributed by atoms with Gasteiger partial charge in [0, 0.05) is 12.7 Å². The van der Waals surface area contributed by atoms with Gasteiger partial charge in [0.25, 0.3) is 5.91 Å². The van der Waals surface area contributed by atoms with Crippen molar-refractivity contribution in [3.63, 3.8) is 0 Å². The van der Waals surface area contributed by atoms with Crippen LogP contribution in [0.3, 0.4) is 0 Å². The molecule has 13 heteroatoms. The number of nitrogens with one attached hydrogen (secondary N) is 2. The van der Waals surface area contributed by atoms with Gasteiger partial charge in [-0.15, -0.1) is 0 Å². The smallest absolute Gasteiger partial charge is 0.414 e. The zero-order chi connectivity index (χ0) is 27.8. The number of ether oxygens (including phenoxy) is 1. The first kappa shape index (κ1) is 28.4. The molecule has 9 nitrogen and oxygen atoms in total. The summed E-state index contributed by atoms with van der Waals surface area (Å²) >= 11 is 1.10. The highest BCUT2D eigenvalue weighted by molar-refractivity contribution is 7.19. The number of rotatable bonds is 4. The number of anilines is 1. The van der Waals surface area contributed by atoms with Gasteiger partial charge in [0.05, 0.1) is 16.3 Å². The minimum atomic E-state index is -4.48. The monoisotopic (exact) mass is 541 g/mol. The maximum absolute atomic E-state index is 13.5.